The second-order valence-corrected chi connectivity index (χ2v) is 4.43. The van der Waals surface area contributed by atoms with Crippen molar-refractivity contribution in [3.8, 4) is 6.01 Å². The van der Waals surface area contributed by atoms with E-state index in [1.165, 1.54) is 6.21 Å². The third-order valence-electron chi connectivity index (χ3n) is 2.25. The largest absolute Gasteiger partial charge is 0.368 e. The highest BCUT2D eigenvalue weighted by atomic mass is 35.5. The van der Waals surface area contributed by atoms with Crippen molar-refractivity contribution in [1.29, 1.82) is 0 Å². The van der Waals surface area contributed by atoms with Gasteiger partial charge >= 0.3 is 6.01 Å². The van der Waals surface area contributed by atoms with Gasteiger partial charge < -0.3 is 15.5 Å². The van der Waals surface area contributed by atoms with E-state index in [9.17, 15) is 0 Å². The number of anilines is 2. The van der Waals surface area contributed by atoms with Crippen LogP contribution >= 0.6 is 11.6 Å². The SMILES string of the molecule is CN(C)c1nc(N)nc(O/N=C/c2ccccc2Cl)n1. The number of rotatable bonds is 4. The molecule has 0 saturated heterocycles. The van der Waals surface area contributed by atoms with Crippen molar-refractivity contribution in [2.45, 2.75) is 0 Å². The van der Waals surface area contributed by atoms with Gasteiger partial charge in [0, 0.05) is 24.7 Å². The molecule has 1 aromatic heterocycles. The molecule has 0 aliphatic rings. The Balaban J connectivity index is 2.13. The zero-order chi connectivity index (χ0) is 14.5. The van der Waals surface area contributed by atoms with Crippen LogP contribution in [0.5, 0.6) is 6.01 Å². The van der Waals surface area contributed by atoms with E-state index in [0.29, 0.717) is 11.0 Å². The number of benzene rings is 1. The molecule has 0 amide bonds. The number of hydrogen-bond acceptors (Lipinski definition) is 7. The van der Waals surface area contributed by atoms with Gasteiger partial charge in [-0.2, -0.15) is 15.0 Å². The quantitative estimate of drug-likeness (QED) is 0.680. The van der Waals surface area contributed by atoms with Gasteiger partial charge in [0.15, 0.2) is 0 Å². The first-order valence-corrected chi connectivity index (χ1v) is 6.08. The summed E-state index contributed by atoms with van der Waals surface area (Å²) in [5.74, 6) is 0.451. The molecular weight excluding hydrogens is 280 g/mol. The van der Waals surface area contributed by atoms with E-state index < -0.39 is 0 Å². The first kappa shape index (κ1) is 14.0. The maximum absolute atomic E-state index is 5.98. The highest BCUT2D eigenvalue weighted by molar-refractivity contribution is 6.33. The van der Waals surface area contributed by atoms with Crippen molar-refractivity contribution in [2.75, 3.05) is 24.7 Å². The molecule has 1 heterocycles. The smallest absolute Gasteiger partial charge is 0.352 e. The van der Waals surface area contributed by atoms with E-state index in [1.807, 2.05) is 18.2 Å². The third kappa shape index (κ3) is 3.55. The average Bonchev–Trinajstić information content (AvgIpc) is 2.40. The number of nitrogens with zero attached hydrogens (tertiary/aromatic N) is 5. The van der Waals surface area contributed by atoms with Crippen molar-refractivity contribution in [2.24, 2.45) is 5.16 Å². The van der Waals surface area contributed by atoms with Gasteiger partial charge in [-0.3, -0.25) is 0 Å². The Morgan fingerprint density at radius 3 is 2.70 bits per heavy atom. The second-order valence-electron chi connectivity index (χ2n) is 4.02. The fraction of sp³-hybridized carbons (Fsp3) is 0.167. The van der Waals surface area contributed by atoms with Gasteiger partial charge in [0.1, 0.15) is 0 Å². The summed E-state index contributed by atoms with van der Waals surface area (Å²) in [6.45, 7) is 0. The summed E-state index contributed by atoms with van der Waals surface area (Å²) >= 11 is 5.98. The Bertz CT molecular complexity index is 631. The highest BCUT2D eigenvalue weighted by Gasteiger charge is 2.06. The molecule has 0 bridgehead atoms. The molecule has 0 aliphatic heterocycles. The van der Waals surface area contributed by atoms with E-state index >= 15 is 0 Å². The minimum absolute atomic E-state index is 0.0181. The molecule has 20 heavy (non-hydrogen) atoms. The predicted molar refractivity (Wildman–Crippen MR) is 78.2 cm³/mol. The van der Waals surface area contributed by atoms with E-state index in [1.54, 1.807) is 25.1 Å². The van der Waals surface area contributed by atoms with E-state index in [0.717, 1.165) is 5.56 Å². The number of nitrogen functional groups attached to an aromatic ring is 1. The number of hydrogen-bond donors (Lipinski definition) is 1. The molecule has 0 atom stereocenters. The Kier molecular flexibility index (Phi) is 4.31. The molecule has 0 radical (unpaired) electrons. The summed E-state index contributed by atoms with van der Waals surface area (Å²) in [4.78, 5) is 18.6. The maximum atomic E-state index is 5.98. The topological polar surface area (TPSA) is 89.5 Å². The molecular formula is C12H13ClN6O. The number of nitrogens with two attached hydrogens (primary N) is 1. The van der Waals surface area contributed by atoms with Gasteiger partial charge in [-0.15, -0.1) is 0 Å². The van der Waals surface area contributed by atoms with Crippen LogP contribution in [0.3, 0.4) is 0 Å². The molecule has 7 nitrogen and oxygen atoms in total. The van der Waals surface area contributed by atoms with Gasteiger partial charge in [0.05, 0.1) is 6.21 Å². The molecule has 2 aromatic rings. The summed E-state index contributed by atoms with van der Waals surface area (Å²) in [5.41, 5.74) is 6.29. The summed E-state index contributed by atoms with van der Waals surface area (Å²) < 4.78 is 0. The fourth-order valence-corrected chi connectivity index (χ4v) is 1.50. The van der Waals surface area contributed by atoms with E-state index in [4.69, 9.17) is 22.2 Å². The minimum Gasteiger partial charge on any atom is -0.368 e. The first-order chi connectivity index (χ1) is 9.56. The lowest BCUT2D eigenvalue weighted by atomic mass is 10.2. The lowest BCUT2D eigenvalue weighted by Gasteiger charge is -2.09. The van der Waals surface area contributed by atoms with Crippen LogP contribution in [0.15, 0.2) is 29.4 Å². The maximum Gasteiger partial charge on any atom is 0.352 e. The highest BCUT2D eigenvalue weighted by Crippen LogP contribution is 2.13. The Hall–Kier alpha value is -2.41. The standard InChI is InChI=1S/C12H13ClN6O/c1-19(2)11-16-10(14)17-12(18-11)20-15-7-8-5-3-4-6-9(8)13/h3-7H,1-2H3,(H2,14,16,17,18)/b15-7+. The zero-order valence-electron chi connectivity index (χ0n) is 11.0. The van der Waals surface area contributed by atoms with Crippen LogP contribution in [0.2, 0.25) is 5.02 Å². The molecule has 0 unspecified atom stereocenters. The lowest BCUT2D eigenvalue weighted by Crippen LogP contribution is -2.15. The molecule has 0 saturated carbocycles. The zero-order valence-corrected chi connectivity index (χ0v) is 11.7. The Morgan fingerprint density at radius 1 is 1.25 bits per heavy atom. The van der Waals surface area contributed by atoms with Crippen molar-refractivity contribution in [1.82, 2.24) is 15.0 Å². The normalized spacial score (nSPS) is 10.8. The van der Waals surface area contributed by atoms with Gasteiger partial charge in [0.2, 0.25) is 11.9 Å². The Labute approximate surface area is 121 Å². The van der Waals surface area contributed by atoms with Crippen molar-refractivity contribution >= 4 is 29.7 Å². The fourth-order valence-electron chi connectivity index (χ4n) is 1.31. The third-order valence-corrected chi connectivity index (χ3v) is 2.60. The molecule has 104 valence electrons. The summed E-state index contributed by atoms with van der Waals surface area (Å²) in [6.07, 6.45) is 1.47. The number of halogens is 1. The van der Waals surface area contributed by atoms with Crippen molar-refractivity contribution in [3.05, 3.63) is 34.9 Å². The average molecular weight is 293 g/mol. The minimum atomic E-state index is 0.0181. The van der Waals surface area contributed by atoms with Crippen LogP contribution in [0.4, 0.5) is 11.9 Å². The molecule has 8 heteroatoms. The lowest BCUT2D eigenvalue weighted by molar-refractivity contribution is 0.315. The second kappa shape index (κ2) is 6.16. The van der Waals surface area contributed by atoms with Crippen LogP contribution in [0.1, 0.15) is 5.56 Å². The molecule has 2 rings (SSSR count). The van der Waals surface area contributed by atoms with Crippen LogP contribution in [0, 0.1) is 0 Å². The van der Waals surface area contributed by atoms with Crippen LogP contribution < -0.4 is 15.5 Å². The van der Waals surface area contributed by atoms with Gasteiger partial charge in [-0.05, 0) is 6.07 Å². The first-order valence-electron chi connectivity index (χ1n) is 5.70. The summed E-state index contributed by atoms with van der Waals surface area (Å²) in [5, 5.41) is 4.35. The molecule has 0 aliphatic carbocycles. The van der Waals surface area contributed by atoms with Crippen LogP contribution in [-0.4, -0.2) is 35.3 Å². The summed E-state index contributed by atoms with van der Waals surface area (Å²) in [7, 11) is 3.57. The molecule has 0 fully saturated rings. The van der Waals surface area contributed by atoms with Crippen molar-refractivity contribution < 1.29 is 4.84 Å². The monoisotopic (exact) mass is 292 g/mol. The molecule has 1 aromatic carbocycles. The number of oxime groups is 1. The molecule has 2 N–H and O–H groups in total. The van der Waals surface area contributed by atoms with E-state index in [2.05, 4.69) is 20.1 Å². The van der Waals surface area contributed by atoms with Crippen LogP contribution in [0.25, 0.3) is 0 Å². The van der Waals surface area contributed by atoms with Gasteiger partial charge in [0.25, 0.3) is 0 Å². The van der Waals surface area contributed by atoms with Crippen molar-refractivity contribution in [3.63, 3.8) is 0 Å². The predicted octanol–water partition coefficient (Wildman–Crippen LogP) is 1.59. The summed E-state index contributed by atoms with van der Waals surface area (Å²) in [6, 6.07) is 7.26. The van der Waals surface area contributed by atoms with E-state index in [-0.39, 0.29) is 12.0 Å². The Morgan fingerprint density at radius 2 is 2.00 bits per heavy atom. The van der Waals surface area contributed by atoms with Crippen LogP contribution in [-0.2, 0) is 0 Å². The van der Waals surface area contributed by atoms with Gasteiger partial charge in [-0.1, -0.05) is 35.0 Å². The molecule has 0 spiro atoms. The number of aromatic nitrogens is 3. The van der Waals surface area contributed by atoms with Gasteiger partial charge in [-0.25, -0.2) is 0 Å².